The molecule has 0 unspecified atom stereocenters. The SMILES string of the molecule is Cc1ccccc1[C@@H](C(=O)NC1CC(F)(F)C1)N(C(=O)[C@@H]1CCC(=O)N1c1cc(C#N)ccn1)c1cccc(O)c1. The summed E-state index contributed by atoms with van der Waals surface area (Å²) < 4.78 is 27.2. The van der Waals surface area contributed by atoms with E-state index in [0.29, 0.717) is 11.1 Å². The molecule has 1 aliphatic carbocycles. The largest absolute Gasteiger partial charge is 0.508 e. The Morgan fingerprint density at radius 3 is 2.61 bits per heavy atom. The summed E-state index contributed by atoms with van der Waals surface area (Å²) in [6.07, 6.45) is 0.492. The summed E-state index contributed by atoms with van der Waals surface area (Å²) in [6.45, 7) is 1.76. The minimum absolute atomic E-state index is 0.0289. The summed E-state index contributed by atoms with van der Waals surface area (Å²) in [5.74, 6) is -4.59. The van der Waals surface area contributed by atoms with Crippen molar-refractivity contribution in [2.75, 3.05) is 9.80 Å². The van der Waals surface area contributed by atoms with Crippen LogP contribution in [-0.4, -0.2) is 45.8 Å². The topological polar surface area (TPSA) is 127 Å². The fourth-order valence-corrected chi connectivity index (χ4v) is 5.37. The van der Waals surface area contributed by atoms with Gasteiger partial charge in [0.05, 0.1) is 11.6 Å². The molecule has 2 aliphatic rings. The first-order valence-corrected chi connectivity index (χ1v) is 13.1. The van der Waals surface area contributed by atoms with Crippen molar-refractivity contribution in [2.24, 2.45) is 0 Å². The van der Waals surface area contributed by atoms with Crippen LogP contribution in [-0.2, 0) is 14.4 Å². The average Bonchev–Trinajstić information content (AvgIpc) is 3.32. The quantitative estimate of drug-likeness (QED) is 0.448. The van der Waals surface area contributed by atoms with Crippen LogP contribution in [0.2, 0.25) is 0 Å². The Balaban J connectivity index is 1.61. The number of rotatable bonds is 7. The number of nitrogens with zero attached hydrogens (tertiary/aromatic N) is 4. The van der Waals surface area contributed by atoms with E-state index in [2.05, 4.69) is 10.3 Å². The highest BCUT2D eigenvalue weighted by Gasteiger charge is 2.48. The van der Waals surface area contributed by atoms with E-state index in [4.69, 9.17) is 0 Å². The monoisotopic (exact) mass is 559 g/mol. The second-order valence-corrected chi connectivity index (χ2v) is 10.3. The second-order valence-electron chi connectivity index (χ2n) is 10.3. The minimum atomic E-state index is -2.87. The number of pyridine rings is 1. The number of hydrogen-bond donors (Lipinski definition) is 2. The summed E-state index contributed by atoms with van der Waals surface area (Å²) >= 11 is 0. The molecule has 9 nitrogen and oxygen atoms in total. The Morgan fingerprint density at radius 2 is 1.93 bits per heavy atom. The van der Waals surface area contributed by atoms with Gasteiger partial charge in [-0.05, 0) is 48.7 Å². The molecule has 1 aliphatic heterocycles. The number of halogens is 2. The molecule has 0 spiro atoms. The zero-order valence-corrected chi connectivity index (χ0v) is 22.1. The number of nitrogens with one attached hydrogen (secondary N) is 1. The number of hydrogen-bond acceptors (Lipinski definition) is 6. The van der Waals surface area contributed by atoms with Gasteiger partial charge in [0, 0.05) is 43.3 Å². The van der Waals surface area contributed by atoms with Crippen LogP contribution in [0, 0.1) is 18.3 Å². The van der Waals surface area contributed by atoms with Gasteiger partial charge in [-0.25, -0.2) is 13.8 Å². The molecule has 210 valence electrons. The molecule has 1 aromatic heterocycles. The molecule has 3 aromatic rings. The number of anilines is 2. The van der Waals surface area contributed by atoms with Crippen LogP contribution in [0.3, 0.4) is 0 Å². The molecule has 41 heavy (non-hydrogen) atoms. The van der Waals surface area contributed by atoms with E-state index < -0.39 is 48.7 Å². The number of aryl methyl sites for hydroxylation is 1. The van der Waals surface area contributed by atoms with Crippen molar-refractivity contribution in [3.8, 4) is 11.8 Å². The molecule has 0 bridgehead atoms. The van der Waals surface area contributed by atoms with Crippen LogP contribution in [0.5, 0.6) is 5.75 Å². The molecule has 2 heterocycles. The predicted molar refractivity (Wildman–Crippen MR) is 145 cm³/mol. The molecule has 2 fully saturated rings. The number of carbonyl (C=O) groups excluding carboxylic acids is 3. The molecule has 1 saturated carbocycles. The summed E-state index contributed by atoms with van der Waals surface area (Å²) in [7, 11) is 0. The molecule has 3 amide bonds. The number of aromatic hydroxyl groups is 1. The van der Waals surface area contributed by atoms with Crippen LogP contribution in [0.15, 0.2) is 66.9 Å². The lowest BCUT2D eigenvalue weighted by Crippen LogP contribution is -2.56. The van der Waals surface area contributed by atoms with Crippen LogP contribution < -0.4 is 15.1 Å². The normalized spacial score (nSPS) is 18.7. The van der Waals surface area contributed by atoms with Crippen molar-refractivity contribution in [2.45, 2.75) is 56.7 Å². The van der Waals surface area contributed by atoms with E-state index in [1.165, 1.54) is 46.3 Å². The Labute approximate surface area is 235 Å². The average molecular weight is 560 g/mol. The Morgan fingerprint density at radius 1 is 1.17 bits per heavy atom. The lowest BCUT2D eigenvalue weighted by molar-refractivity contribution is -0.133. The fraction of sp³-hybridized carbons (Fsp3) is 0.300. The highest BCUT2D eigenvalue weighted by molar-refractivity contribution is 6.10. The standard InChI is InChI=1S/C30H27F2N5O4/c1-18-5-2-3-8-23(18)27(28(40)35-20-15-30(31,32)16-20)36(21-6-4-7-22(38)14-21)29(41)24-9-10-26(39)37(24)25-13-19(17-33)11-12-34-25/h2-8,11-14,20,24,27,38H,9-10,15-16H2,1H3,(H,35,40)/t24-,27-/m0/s1. The van der Waals surface area contributed by atoms with Crippen LogP contribution in [0.4, 0.5) is 20.3 Å². The number of carbonyl (C=O) groups is 3. The summed E-state index contributed by atoms with van der Waals surface area (Å²) in [6, 6.07) is 14.4. The first-order chi connectivity index (χ1) is 19.6. The van der Waals surface area contributed by atoms with Gasteiger partial charge >= 0.3 is 0 Å². The lowest BCUT2D eigenvalue weighted by atomic mass is 9.87. The molecule has 2 atom stereocenters. The molecule has 1 saturated heterocycles. The summed E-state index contributed by atoms with van der Waals surface area (Å²) in [5.41, 5.74) is 1.55. The van der Waals surface area contributed by atoms with Gasteiger partial charge in [0.15, 0.2) is 0 Å². The first kappa shape index (κ1) is 27.7. The highest BCUT2D eigenvalue weighted by Crippen LogP contribution is 2.39. The number of phenols is 1. The molecule has 11 heteroatoms. The van der Waals surface area contributed by atoms with E-state index in [1.807, 2.05) is 6.07 Å². The zero-order valence-electron chi connectivity index (χ0n) is 22.1. The van der Waals surface area contributed by atoms with E-state index in [0.717, 1.165) is 0 Å². The second kappa shape index (κ2) is 11.0. The summed E-state index contributed by atoms with van der Waals surface area (Å²) in [5, 5.41) is 22.3. The van der Waals surface area contributed by atoms with E-state index in [9.17, 15) is 33.5 Å². The van der Waals surface area contributed by atoms with Gasteiger partial charge in [0.25, 0.3) is 11.8 Å². The van der Waals surface area contributed by atoms with Gasteiger partial charge in [0.1, 0.15) is 23.7 Å². The smallest absolute Gasteiger partial charge is 0.252 e. The molecular formula is C30H27F2N5O4. The van der Waals surface area contributed by atoms with Crippen molar-refractivity contribution >= 4 is 29.2 Å². The molecule has 2 aromatic carbocycles. The van der Waals surface area contributed by atoms with Crippen LogP contribution in [0.25, 0.3) is 0 Å². The number of alkyl halides is 2. The zero-order chi connectivity index (χ0) is 29.3. The number of nitriles is 1. The summed E-state index contributed by atoms with van der Waals surface area (Å²) in [4.78, 5) is 48.1. The van der Waals surface area contributed by atoms with Gasteiger partial charge in [-0.1, -0.05) is 30.3 Å². The molecule has 5 rings (SSSR count). The lowest BCUT2D eigenvalue weighted by Gasteiger charge is -2.39. The predicted octanol–water partition coefficient (Wildman–Crippen LogP) is 4.15. The number of amides is 3. The molecule has 0 radical (unpaired) electrons. The van der Waals surface area contributed by atoms with Crippen LogP contribution in [0.1, 0.15) is 48.4 Å². The van der Waals surface area contributed by atoms with Crippen LogP contribution >= 0.6 is 0 Å². The third kappa shape index (κ3) is 5.59. The number of phenolic OH excluding ortho intramolecular Hbond substituents is 1. The third-order valence-corrected chi connectivity index (χ3v) is 7.39. The first-order valence-electron chi connectivity index (χ1n) is 13.1. The van der Waals surface area contributed by atoms with Crippen molar-refractivity contribution in [3.63, 3.8) is 0 Å². The van der Waals surface area contributed by atoms with Crippen molar-refractivity contribution in [1.29, 1.82) is 5.26 Å². The fourth-order valence-electron chi connectivity index (χ4n) is 5.37. The molecular weight excluding hydrogens is 532 g/mol. The maximum Gasteiger partial charge on any atom is 0.252 e. The van der Waals surface area contributed by atoms with Gasteiger partial charge in [-0.3, -0.25) is 24.2 Å². The van der Waals surface area contributed by atoms with Gasteiger partial charge in [0.2, 0.25) is 11.8 Å². The third-order valence-electron chi connectivity index (χ3n) is 7.39. The minimum Gasteiger partial charge on any atom is -0.508 e. The van der Waals surface area contributed by atoms with Crippen molar-refractivity contribution < 1.29 is 28.3 Å². The maximum atomic E-state index is 14.5. The highest BCUT2D eigenvalue weighted by atomic mass is 19.3. The Kier molecular flexibility index (Phi) is 7.41. The van der Waals surface area contributed by atoms with Crippen molar-refractivity contribution in [3.05, 3.63) is 83.6 Å². The molecule has 2 N–H and O–H groups in total. The van der Waals surface area contributed by atoms with E-state index in [1.54, 1.807) is 37.3 Å². The van der Waals surface area contributed by atoms with Gasteiger partial charge in [-0.15, -0.1) is 0 Å². The van der Waals surface area contributed by atoms with Gasteiger partial charge < -0.3 is 10.4 Å². The number of benzene rings is 2. The number of aromatic nitrogens is 1. The van der Waals surface area contributed by atoms with E-state index in [-0.39, 0.29) is 41.6 Å². The Bertz CT molecular complexity index is 1550. The van der Waals surface area contributed by atoms with E-state index >= 15 is 0 Å². The van der Waals surface area contributed by atoms with Crippen molar-refractivity contribution in [1.82, 2.24) is 10.3 Å². The maximum absolute atomic E-state index is 14.5. The van der Waals surface area contributed by atoms with Gasteiger partial charge in [-0.2, -0.15) is 5.26 Å². The Hall–Kier alpha value is -4.85.